The minimum Gasteiger partial charge on any atom is -0.504 e. The molecular formula is C34H42N4O7. The first-order valence-corrected chi connectivity index (χ1v) is 15.8. The molecule has 0 saturated carbocycles. The lowest BCUT2D eigenvalue weighted by molar-refractivity contribution is -0.132. The molecule has 5 atom stereocenters. The molecule has 45 heavy (non-hydrogen) atoms. The zero-order valence-electron chi connectivity index (χ0n) is 26.9. The normalized spacial score (nSPS) is 24.6. The highest BCUT2D eigenvalue weighted by Gasteiger charge is 2.56. The number of hydrogen-bond donors (Lipinski definition) is 2. The molecule has 11 nitrogen and oxygen atoms in total. The van der Waals surface area contributed by atoms with E-state index in [2.05, 4.69) is 34.2 Å². The van der Waals surface area contributed by atoms with Gasteiger partial charge in [0, 0.05) is 54.2 Å². The summed E-state index contributed by atoms with van der Waals surface area (Å²) in [6.45, 7) is 7.47. The van der Waals surface area contributed by atoms with Crippen molar-refractivity contribution in [1.82, 2.24) is 15.1 Å². The number of nitriles is 1. The van der Waals surface area contributed by atoms with Gasteiger partial charge in [-0.3, -0.25) is 19.4 Å². The molecule has 11 heteroatoms. The summed E-state index contributed by atoms with van der Waals surface area (Å²) in [7, 11) is 3.55. The number of rotatable bonds is 8. The lowest BCUT2D eigenvalue weighted by Gasteiger charge is -2.60. The smallest absolute Gasteiger partial charge is 0.308 e. The summed E-state index contributed by atoms with van der Waals surface area (Å²) in [5, 5.41) is 25.6. The summed E-state index contributed by atoms with van der Waals surface area (Å²) in [5.74, 6) is 1.50. The van der Waals surface area contributed by atoms with Gasteiger partial charge in [-0.15, -0.1) is 0 Å². The number of likely N-dealkylation sites (N-methyl/N-ethyl adjacent to an activating group) is 1. The Morgan fingerprint density at radius 3 is 2.58 bits per heavy atom. The Labute approximate surface area is 264 Å². The molecule has 0 aromatic heterocycles. The van der Waals surface area contributed by atoms with Crippen LogP contribution in [0.3, 0.4) is 0 Å². The largest absolute Gasteiger partial charge is 0.504 e. The number of phenolic OH excluding ortho intramolecular Hbond substituents is 1. The van der Waals surface area contributed by atoms with Crippen LogP contribution in [0.15, 0.2) is 6.07 Å². The van der Waals surface area contributed by atoms with Gasteiger partial charge in [0.2, 0.25) is 12.7 Å². The Kier molecular flexibility index (Phi) is 8.31. The number of hydrogen-bond acceptors (Lipinski definition) is 10. The predicted molar refractivity (Wildman–Crippen MR) is 165 cm³/mol. The molecule has 1 saturated heterocycles. The molecule has 6 rings (SSSR count). The zero-order valence-corrected chi connectivity index (χ0v) is 26.9. The fourth-order valence-corrected chi connectivity index (χ4v) is 8.15. The Morgan fingerprint density at radius 1 is 1.13 bits per heavy atom. The average Bonchev–Trinajstić information content (AvgIpc) is 3.49. The van der Waals surface area contributed by atoms with Gasteiger partial charge in [-0.2, -0.15) is 5.26 Å². The third kappa shape index (κ3) is 4.95. The maximum atomic E-state index is 13.1. The molecule has 0 radical (unpaired) electrons. The van der Waals surface area contributed by atoms with Crippen LogP contribution in [0.5, 0.6) is 28.7 Å². The highest BCUT2D eigenvalue weighted by Crippen LogP contribution is 2.58. The first-order chi connectivity index (χ1) is 21.6. The number of carbonyl (C=O) groups excluding carboxylic acids is 2. The predicted octanol–water partition coefficient (Wildman–Crippen LogP) is 4.14. The number of unbranched alkanes of at least 4 members (excludes halogenated alkanes) is 2. The number of amides is 1. The summed E-state index contributed by atoms with van der Waals surface area (Å²) < 4.78 is 23.5. The highest BCUT2D eigenvalue weighted by molar-refractivity contribution is 5.76. The van der Waals surface area contributed by atoms with Gasteiger partial charge in [-0.1, -0.05) is 25.8 Å². The van der Waals surface area contributed by atoms with Crippen LogP contribution >= 0.6 is 0 Å². The molecule has 2 aromatic carbocycles. The molecule has 1 amide bonds. The third-order valence-electron chi connectivity index (χ3n) is 10.0. The Morgan fingerprint density at radius 2 is 1.89 bits per heavy atom. The quantitative estimate of drug-likeness (QED) is 0.253. The van der Waals surface area contributed by atoms with Crippen molar-refractivity contribution in [3.8, 4) is 34.8 Å². The van der Waals surface area contributed by atoms with E-state index in [-0.39, 0.29) is 43.1 Å². The molecule has 240 valence electrons. The lowest BCUT2D eigenvalue weighted by Crippen LogP contribution is -2.68. The Bertz CT molecular complexity index is 1580. The zero-order chi connectivity index (χ0) is 32.2. The van der Waals surface area contributed by atoms with Gasteiger partial charge >= 0.3 is 5.97 Å². The van der Waals surface area contributed by atoms with Gasteiger partial charge in [-0.25, -0.2) is 0 Å². The summed E-state index contributed by atoms with van der Waals surface area (Å²) in [6.07, 6.45) is 4.16. The number of nitrogens with zero attached hydrogens (tertiary/aromatic N) is 3. The number of esters is 1. The van der Waals surface area contributed by atoms with E-state index in [1.807, 2.05) is 20.9 Å². The van der Waals surface area contributed by atoms with Crippen molar-refractivity contribution in [2.45, 2.75) is 96.4 Å². The molecule has 0 spiro atoms. The summed E-state index contributed by atoms with van der Waals surface area (Å²) in [6, 6.07) is 2.83. The molecule has 4 aliphatic heterocycles. The second-order valence-corrected chi connectivity index (χ2v) is 12.6. The van der Waals surface area contributed by atoms with Crippen molar-refractivity contribution in [2.75, 3.05) is 27.5 Å². The SMILES string of the molecule is CCCCCC(=O)NC[C@H]1c2c(c(OC(C)=O)c(C)c3c2OCO3)CC2C3c4c(cc(C)c(OC)c4O)CC([C@H](C#N)N21)N3C. The standard InChI is InChI=1S/C34H42N4O7/c1-7-8-9-10-26(40)36-15-25-28-21(32(45-19(4)39)18(3)33-34(28)44-16-43-33)13-23-29-27-20(11-17(2)31(42-6)30(27)41)12-22(37(29)5)24(14-35)38(23)25/h11,22-25,29,41H,7-10,12-13,15-16H2,1-6H3,(H,36,40)/t22?,23?,24-,25-,29?/m0/s1. The molecular weight excluding hydrogens is 576 g/mol. The third-order valence-corrected chi connectivity index (χ3v) is 10.0. The molecule has 3 unspecified atom stereocenters. The van der Waals surface area contributed by atoms with E-state index >= 15 is 0 Å². The van der Waals surface area contributed by atoms with E-state index in [9.17, 15) is 20.0 Å². The number of nitrogens with one attached hydrogen (secondary N) is 1. The minimum absolute atomic E-state index is 0.0156. The number of ether oxygens (including phenoxy) is 4. The van der Waals surface area contributed by atoms with Gasteiger partial charge < -0.3 is 29.4 Å². The second kappa shape index (κ2) is 12.1. The molecule has 0 aliphatic carbocycles. The van der Waals surface area contributed by atoms with Crippen molar-refractivity contribution >= 4 is 11.9 Å². The second-order valence-electron chi connectivity index (χ2n) is 12.6. The number of methoxy groups -OCH3 is 1. The maximum absolute atomic E-state index is 13.1. The minimum atomic E-state index is -0.541. The Hall–Kier alpha value is -4.01. The number of fused-ring (bicyclic) bond motifs is 9. The van der Waals surface area contributed by atoms with Crippen molar-refractivity contribution in [3.05, 3.63) is 39.4 Å². The van der Waals surface area contributed by atoms with Gasteiger partial charge in [0.1, 0.15) is 11.8 Å². The lowest BCUT2D eigenvalue weighted by atomic mass is 9.71. The number of aryl methyl sites for hydroxylation is 1. The molecule has 1 fully saturated rings. The molecule has 2 aromatic rings. The van der Waals surface area contributed by atoms with Crippen LogP contribution in [0, 0.1) is 25.2 Å². The number of piperazine rings is 1. The van der Waals surface area contributed by atoms with E-state index in [0.29, 0.717) is 47.8 Å². The van der Waals surface area contributed by atoms with Crippen LogP contribution in [-0.4, -0.2) is 72.4 Å². The van der Waals surface area contributed by atoms with E-state index in [4.69, 9.17) is 18.9 Å². The van der Waals surface area contributed by atoms with Crippen molar-refractivity contribution in [2.24, 2.45) is 0 Å². The van der Waals surface area contributed by atoms with E-state index in [1.54, 1.807) is 7.11 Å². The summed E-state index contributed by atoms with van der Waals surface area (Å²) in [4.78, 5) is 29.9. The van der Waals surface area contributed by atoms with Crippen LogP contribution in [0.25, 0.3) is 0 Å². The number of phenols is 1. The number of benzene rings is 2. The maximum Gasteiger partial charge on any atom is 0.308 e. The van der Waals surface area contributed by atoms with Crippen LogP contribution < -0.4 is 24.3 Å². The number of aromatic hydroxyl groups is 1. The van der Waals surface area contributed by atoms with Crippen molar-refractivity contribution < 1.29 is 33.6 Å². The van der Waals surface area contributed by atoms with Crippen LogP contribution in [0.1, 0.15) is 85.0 Å². The molecule has 2 N–H and O–H groups in total. The van der Waals surface area contributed by atoms with E-state index in [1.165, 1.54) is 6.92 Å². The first kappa shape index (κ1) is 31.0. The summed E-state index contributed by atoms with van der Waals surface area (Å²) >= 11 is 0. The van der Waals surface area contributed by atoms with Crippen LogP contribution in [-0.2, 0) is 22.4 Å². The van der Waals surface area contributed by atoms with Gasteiger partial charge in [0.05, 0.1) is 25.3 Å². The summed E-state index contributed by atoms with van der Waals surface area (Å²) in [5.41, 5.74) is 4.82. The van der Waals surface area contributed by atoms with E-state index in [0.717, 1.165) is 47.1 Å². The highest BCUT2D eigenvalue weighted by atomic mass is 16.7. The van der Waals surface area contributed by atoms with Crippen molar-refractivity contribution in [3.63, 3.8) is 0 Å². The van der Waals surface area contributed by atoms with Gasteiger partial charge in [0.15, 0.2) is 23.0 Å². The topological polar surface area (TPSA) is 134 Å². The molecule has 4 aliphatic rings. The molecule has 2 bridgehead atoms. The van der Waals surface area contributed by atoms with Gasteiger partial charge in [0.25, 0.3) is 0 Å². The van der Waals surface area contributed by atoms with Crippen LogP contribution in [0.2, 0.25) is 0 Å². The Balaban J connectivity index is 1.55. The van der Waals surface area contributed by atoms with E-state index < -0.39 is 18.1 Å². The first-order valence-electron chi connectivity index (χ1n) is 15.8. The number of carbonyl (C=O) groups is 2. The monoisotopic (exact) mass is 618 g/mol. The van der Waals surface area contributed by atoms with Crippen LogP contribution in [0.4, 0.5) is 0 Å². The fourth-order valence-electron chi connectivity index (χ4n) is 8.15. The molecule has 4 heterocycles. The van der Waals surface area contributed by atoms with Crippen molar-refractivity contribution in [1.29, 1.82) is 5.26 Å². The van der Waals surface area contributed by atoms with Gasteiger partial charge in [-0.05, 0) is 51.3 Å². The fraction of sp³-hybridized carbons (Fsp3) is 0.559. The average molecular weight is 619 g/mol.